The van der Waals surface area contributed by atoms with Crippen molar-refractivity contribution in [3.63, 3.8) is 0 Å². The molecule has 0 aliphatic carbocycles. The lowest BCUT2D eigenvalue weighted by atomic mass is 10.1. The van der Waals surface area contributed by atoms with Gasteiger partial charge in [-0.1, -0.05) is 18.2 Å². The van der Waals surface area contributed by atoms with E-state index in [0.29, 0.717) is 5.69 Å². The molecule has 4 N–H and O–H groups in total. The molecule has 0 aromatic heterocycles. The third-order valence-corrected chi connectivity index (χ3v) is 3.26. The van der Waals surface area contributed by atoms with E-state index in [9.17, 15) is 9.59 Å². The Labute approximate surface area is 140 Å². The van der Waals surface area contributed by atoms with Gasteiger partial charge in [-0.15, -0.1) is 0 Å². The summed E-state index contributed by atoms with van der Waals surface area (Å²) < 4.78 is 0. The first-order chi connectivity index (χ1) is 11.4. The summed E-state index contributed by atoms with van der Waals surface area (Å²) in [6.07, 6.45) is 0. The van der Waals surface area contributed by atoms with Crippen LogP contribution < -0.4 is 16.0 Å². The molecule has 0 heterocycles. The van der Waals surface area contributed by atoms with E-state index in [0.717, 1.165) is 11.4 Å². The topological polar surface area (TPSA) is 90.5 Å². The van der Waals surface area contributed by atoms with Gasteiger partial charge in [0.1, 0.15) is 0 Å². The minimum Gasteiger partial charge on any atom is -0.394 e. The van der Waals surface area contributed by atoms with Crippen molar-refractivity contribution in [1.82, 2.24) is 5.32 Å². The smallest absolute Gasteiger partial charge is 0.313 e. The van der Waals surface area contributed by atoms with E-state index >= 15 is 0 Å². The molecule has 2 aromatic rings. The Balaban J connectivity index is 1.94. The minimum absolute atomic E-state index is 0.258. The Hall–Kier alpha value is -2.86. The number of aliphatic hydroxyl groups is 1. The van der Waals surface area contributed by atoms with Crippen LogP contribution in [0.5, 0.6) is 0 Å². The van der Waals surface area contributed by atoms with Gasteiger partial charge in [0.25, 0.3) is 0 Å². The zero-order valence-corrected chi connectivity index (χ0v) is 13.7. The predicted octanol–water partition coefficient (Wildman–Crippen LogP) is 2.26. The summed E-state index contributed by atoms with van der Waals surface area (Å²) in [5, 5.41) is 17.3. The van der Waals surface area contributed by atoms with Crippen LogP contribution in [0.4, 0.5) is 17.1 Å². The highest BCUT2D eigenvalue weighted by Crippen LogP contribution is 2.18. The summed E-state index contributed by atoms with van der Waals surface area (Å²) in [4.78, 5) is 23.6. The molecule has 2 aromatic carbocycles. The van der Waals surface area contributed by atoms with Gasteiger partial charge in [0.05, 0.1) is 12.1 Å². The third kappa shape index (κ3) is 5.10. The molecule has 126 valence electrons. The van der Waals surface area contributed by atoms with Crippen LogP contribution in [0.15, 0.2) is 54.6 Å². The van der Waals surface area contributed by atoms with Crippen molar-refractivity contribution in [2.45, 2.75) is 19.4 Å². The van der Waals surface area contributed by atoms with E-state index in [1.165, 1.54) is 0 Å². The van der Waals surface area contributed by atoms with Crippen LogP contribution >= 0.6 is 0 Å². The van der Waals surface area contributed by atoms with E-state index in [1.54, 1.807) is 38.1 Å². The number of anilines is 3. The lowest BCUT2D eigenvalue weighted by Crippen LogP contribution is -2.50. The molecule has 0 spiro atoms. The van der Waals surface area contributed by atoms with Crippen LogP contribution in [0, 0.1) is 0 Å². The molecule has 6 nitrogen and oxygen atoms in total. The van der Waals surface area contributed by atoms with Crippen molar-refractivity contribution in [1.29, 1.82) is 0 Å². The number of hydrogen-bond donors (Lipinski definition) is 4. The van der Waals surface area contributed by atoms with Crippen molar-refractivity contribution in [3.05, 3.63) is 54.6 Å². The zero-order valence-electron chi connectivity index (χ0n) is 13.7. The molecule has 24 heavy (non-hydrogen) atoms. The molecule has 0 bridgehead atoms. The van der Waals surface area contributed by atoms with Crippen molar-refractivity contribution >= 4 is 28.9 Å². The zero-order chi connectivity index (χ0) is 17.6. The first kappa shape index (κ1) is 17.5. The van der Waals surface area contributed by atoms with Gasteiger partial charge in [0.15, 0.2) is 0 Å². The minimum atomic E-state index is -0.849. The number of amides is 2. The molecule has 0 aliphatic rings. The first-order valence-corrected chi connectivity index (χ1v) is 7.56. The van der Waals surface area contributed by atoms with Crippen molar-refractivity contribution < 1.29 is 14.7 Å². The second kappa shape index (κ2) is 7.61. The molecule has 0 saturated carbocycles. The molecule has 0 fully saturated rings. The van der Waals surface area contributed by atoms with E-state index in [2.05, 4.69) is 16.0 Å². The van der Waals surface area contributed by atoms with Crippen molar-refractivity contribution in [2.75, 3.05) is 17.2 Å². The molecular weight excluding hydrogens is 306 g/mol. The molecule has 0 aliphatic heterocycles. The fourth-order valence-corrected chi connectivity index (χ4v) is 1.92. The number of carbonyl (C=O) groups is 2. The molecular formula is C18H21N3O3. The number of nitrogens with one attached hydrogen (secondary N) is 3. The molecule has 2 amide bonds. The Bertz CT molecular complexity index is 697. The third-order valence-electron chi connectivity index (χ3n) is 3.26. The average Bonchev–Trinajstić information content (AvgIpc) is 2.57. The molecule has 2 rings (SSSR count). The largest absolute Gasteiger partial charge is 0.394 e. The standard InChI is InChI=1S/C18H21N3O3/c1-18(2,12-22)21-17(24)16(23)20-15-10-8-14(9-11-15)19-13-6-4-3-5-7-13/h3-11,19,22H,12H2,1-2H3,(H,20,23)(H,21,24). The van der Waals surface area contributed by atoms with Crippen molar-refractivity contribution in [3.8, 4) is 0 Å². The lowest BCUT2D eigenvalue weighted by molar-refractivity contribution is -0.137. The lowest BCUT2D eigenvalue weighted by Gasteiger charge is -2.22. The Morgan fingerprint density at radius 2 is 1.42 bits per heavy atom. The number of rotatable bonds is 5. The van der Waals surface area contributed by atoms with E-state index in [1.807, 2.05) is 30.3 Å². The van der Waals surface area contributed by atoms with E-state index in [4.69, 9.17) is 5.11 Å². The second-order valence-electron chi connectivity index (χ2n) is 6.02. The van der Waals surface area contributed by atoms with Gasteiger partial charge < -0.3 is 21.1 Å². The Morgan fingerprint density at radius 3 is 2.00 bits per heavy atom. The maximum absolute atomic E-state index is 11.9. The van der Waals surface area contributed by atoms with Gasteiger partial charge in [-0.25, -0.2) is 0 Å². The number of aliphatic hydroxyl groups excluding tert-OH is 1. The van der Waals surface area contributed by atoms with Crippen LogP contribution in [0.2, 0.25) is 0 Å². The summed E-state index contributed by atoms with van der Waals surface area (Å²) in [6.45, 7) is 3.00. The highest BCUT2D eigenvalue weighted by Gasteiger charge is 2.23. The second-order valence-corrected chi connectivity index (χ2v) is 6.02. The fraction of sp³-hybridized carbons (Fsp3) is 0.222. The number of hydrogen-bond acceptors (Lipinski definition) is 4. The summed E-state index contributed by atoms with van der Waals surface area (Å²) >= 11 is 0. The van der Waals surface area contributed by atoms with Crippen LogP contribution in [0.3, 0.4) is 0 Å². The highest BCUT2D eigenvalue weighted by molar-refractivity contribution is 6.39. The molecule has 0 atom stereocenters. The summed E-state index contributed by atoms with van der Waals surface area (Å²) in [5.41, 5.74) is 1.48. The van der Waals surface area contributed by atoms with Gasteiger partial charge in [0.2, 0.25) is 0 Å². The van der Waals surface area contributed by atoms with Gasteiger partial charge in [-0.2, -0.15) is 0 Å². The van der Waals surface area contributed by atoms with Gasteiger partial charge in [0, 0.05) is 17.1 Å². The van der Waals surface area contributed by atoms with Gasteiger partial charge >= 0.3 is 11.8 Å². The molecule has 0 unspecified atom stereocenters. The van der Waals surface area contributed by atoms with E-state index in [-0.39, 0.29) is 6.61 Å². The van der Waals surface area contributed by atoms with Gasteiger partial charge in [-0.05, 0) is 50.2 Å². The summed E-state index contributed by atoms with van der Waals surface area (Å²) in [6, 6.07) is 16.7. The number of para-hydroxylation sites is 1. The van der Waals surface area contributed by atoms with Crippen LogP contribution in [0.1, 0.15) is 13.8 Å². The van der Waals surface area contributed by atoms with E-state index < -0.39 is 17.4 Å². The monoisotopic (exact) mass is 327 g/mol. The van der Waals surface area contributed by atoms with Crippen LogP contribution in [-0.4, -0.2) is 29.1 Å². The fourth-order valence-electron chi connectivity index (χ4n) is 1.92. The SMILES string of the molecule is CC(C)(CO)NC(=O)C(=O)Nc1ccc(Nc2ccccc2)cc1. The highest BCUT2D eigenvalue weighted by atomic mass is 16.3. The maximum Gasteiger partial charge on any atom is 0.313 e. The molecule has 0 radical (unpaired) electrons. The van der Waals surface area contributed by atoms with Crippen molar-refractivity contribution in [2.24, 2.45) is 0 Å². The normalized spacial score (nSPS) is 10.8. The number of carbonyl (C=O) groups excluding carboxylic acids is 2. The predicted molar refractivity (Wildman–Crippen MR) is 94.1 cm³/mol. The molecule has 0 saturated heterocycles. The maximum atomic E-state index is 11.9. The molecule has 6 heteroatoms. The summed E-state index contributed by atoms with van der Waals surface area (Å²) in [7, 11) is 0. The average molecular weight is 327 g/mol. The first-order valence-electron chi connectivity index (χ1n) is 7.56. The Morgan fingerprint density at radius 1 is 0.875 bits per heavy atom. The summed E-state index contributed by atoms with van der Waals surface area (Å²) in [5.74, 6) is -1.57. The number of benzene rings is 2. The van der Waals surface area contributed by atoms with Crippen LogP contribution in [-0.2, 0) is 9.59 Å². The van der Waals surface area contributed by atoms with Crippen LogP contribution in [0.25, 0.3) is 0 Å². The van der Waals surface area contributed by atoms with Gasteiger partial charge in [-0.3, -0.25) is 9.59 Å². The Kier molecular flexibility index (Phi) is 5.55. The quantitative estimate of drug-likeness (QED) is 0.634.